The summed E-state index contributed by atoms with van der Waals surface area (Å²) in [4.78, 5) is 36.1. The maximum absolute atomic E-state index is 12.2. The molecule has 0 saturated carbocycles. The summed E-state index contributed by atoms with van der Waals surface area (Å²) in [5.74, 6) is -0.154. The number of Topliss-reactive ketones (excluding diaryl/α,β-unsaturated/α-hetero) is 1. The lowest BCUT2D eigenvalue weighted by Crippen LogP contribution is -2.15. The molecule has 0 spiro atoms. The Morgan fingerprint density at radius 2 is 1.68 bits per heavy atom. The first-order valence-electron chi connectivity index (χ1n) is 8.74. The molecule has 0 atom stereocenters. The van der Waals surface area contributed by atoms with Crippen molar-refractivity contribution >= 4 is 39.3 Å². The number of halogens is 1. The number of nitrogens with one attached hydrogen (secondary N) is 1. The minimum atomic E-state index is -0.603. The van der Waals surface area contributed by atoms with Crippen molar-refractivity contribution in [3.8, 4) is 5.75 Å². The van der Waals surface area contributed by atoms with Crippen LogP contribution in [0.3, 0.4) is 0 Å². The summed E-state index contributed by atoms with van der Waals surface area (Å²) in [6, 6.07) is 11.2. The van der Waals surface area contributed by atoms with E-state index in [0.717, 1.165) is 0 Å². The normalized spacial score (nSPS) is 10.5. The lowest BCUT2D eigenvalue weighted by Gasteiger charge is -2.09. The van der Waals surface area contributed by atoms with E-state index < -0.39 is 5.97 Å². The van der Waals surface area contributed by atoms with Crippen molar-refractivity contribution in [3.05, 3.63) is 58.1 Å². The number of amides is 1. The van der Waals surface area contributed by atoms with Gasteiger partial charge in [-0.2, -0.15) is 0 Å². The third-order valence-electron chi connectivity index (χ3n) is 3.81. The van der Waals surface area contributed by atoms with Crippen LogP contribution >= 0.6 is 15.9 Å². The third-order valence-corrected chi connectivity index (χ3v) is 4.43. The molecule has 2 aromatic rings. The zero-order valence-corrected chi connectivity index (χ0v) is 17.5. The number of ether oxygens (including phenoxy) is 2. The van der Waals surface area contributed by atoms with Gasteiger partial charge in [-0.1, -0.05) is 13.8 Å². The van der Waals surface area contributed by atoms with Crippen LogP contribution in [0.2, 0.25) is 0 Å². The molecule has 0 radical (unpaired) electrons. The smallest absolute Gasteiger partial charge is 0.338 e. The highest BCUT2D eigenvalue weighted by Crippen LogP contribution is 2.25. The van der Waals surface area contributed by atoms with E-state index in [9.17, 15) is 14.4 Å². The average Bonchev–Trinajstić information content (AvgIpc) is 2.65. The van der Waals surface area contributed by atoms with E-state index in [0.29, 0.717) is 33.5 Å². The average molecular weight is 448 g/mol. The van der Waals surface area contributed by atoms with Gasteiger partial charge in [0.1, 0.15) is 5.75 Å². The molecule has 148 valence electrons. The number of hydrogen-bond donors (Lipinski definition) is 1. The molecule has 28 heavy (non-hydrogen) atoms. The van der Waals surface area contributed by atoms with Crippen LogP contribution in [0.1, 0.15) is 41.0 Å². The number of carbonyl (C=O) groups is 3. The molecule has 1 N–H and O–H groups in total. The van der Waals surface area contributed by atoms with Crippen molar-refractivity contribution in [1.82, 2.24) is 0 Å². The second-order valence-electron chi connectivity index (χ2n) is 6.57. The SMILES string of the molecule is COc1ccc(C(=O)OCC(=O)c2ccc(NC(=O)CC(C)C)cc2)cc1Br. The van der Waals surface area contributed by atoms with E-state index in [1.54, 1.807) is 42.5 Å². The van der Waals surface area contributed by atoms with Gasteiger partial charge in [-0.3, -0.25) is 9.59 Å². The Morgan fingerprint density at radius 3 is 2.25 bits per heavy atom. The Bertz CT molecular complexity index is 862. The largest absolute Gasteiger partial charge is 0.496 e. The topological polar surface area (TPSA) is 81.7 Å². The summed E-state index contributed by atoms with van der Waals surface area (Å²) in [5.41, 5.74) is 1.32. The Kier molecular flexibility index (Phi) is 7.75. The van der Waals surface area contributed by atoms with Crippen LogP contribution in [0.4, 0.5) is 5.69 Å². The van der Waals surface area contributed by atoms with Gasteiger partial charge in [0.2, 0.25) is 5.91 Å². The van der Waals surface area contributed by atoms with Crippen LogP contribution in [0, 0.1) is 5.92 Å². The third kappa shape index (κ3) is 6.20. The molecule has 6 nitrogen and oxygen atoms in total. The van der Waals surface area contributed by atoms with Crippen molar-refractivity contribution in [2.24, 2.45) is 5.92 Å². The number of carbonyl (C=O) groups excluding carboxylic acids is 3. The summed E-state index contributed by atoms with van der Waals surface area (Å²) in [6.07, 6.45) is 0.429. The quantitative estimate of drug-likeness (QED) is 0.476. The maximum Gasteiger partial charge on any atom is 0.338 e. The van der Waals surface area contributed by atoms with E-state index in [1.807, 2.05) is 13.8 Å². The molecule has 7 heteroatoms. The molecule has 2 rings (SSSR count). The van der Waals surface area contributed by atoms with Gasteiger partial charge in [-0.05, 0) is 64.3 Å². The fourth-order valence-electron chi connectivity index (χ4n) is 2.41. The van der Waals surface area contributed by atoms with Crippen LogP contribution in [-0.2, 0) is 9.53 Å². The highest BCUT2D eigenvalue weighted by atomic mass is 79.9. The second-order valence-corrected chi connectivity index (χ2v) is 7.43. The molecule has 0 unspecified atom stereocenters. The number of hydrogen-bond acceptors (Lipinski definition) is 5. The minimum absolute atomic E-state index is 0.0753. The van der Waals surface area contributed by atoms with Gasteiger partial charge in [0.05, 0.1) is 17.1 Å². The first kappa shape index (κ1) is 21.6. The first-order chi connectivity index (χ1) is 13.3. The second kappa shape index (κ2) is 10.0. The number of benzene rings is 2. The molecule has 0 aromatic heterocycles. The predicted octanol–water partition coefficient (Wildman–Crippen LogP) is 4.48. The number of methoxy groups -OCH3 is 1. The van der Waals surface area contributed by atoms with Crippen LogP contribution in [0.5, 0.6) is 5.75 Å². The molecular weight excluding hydrogens is 426 g/mol. The fraction of sp³-hybridized carbons (Fsp3) is 0.286. The van der Waals surface area contributed by atoms with E-state index in [4.69, 9.17) is 9.47 Å². The maximum atomic E-state index is 12.2. The lowest BCUT2D eigenvalue weighted by molar-refractivity contribution is -0.116. The number of anilines is 1. The molecule has 0 bridgehead atoms. The summed E-state index contributed by atoms with van der Waals surface area (Å²) >= 11 is 3.30. The Balaban J connectivity index is 1.91. The van der Waals surface area contributed by atoms with E-state index in [2.05, 4.69) is 21.2 Å². The molecule has 1 amide bonds. The van der Waals surface area contributed by atoms with Crippen molar-refractivity contribution in [2.45, 2.75) is 20.3 Å². The summed E-state index contributed by atoms with van der Waals surface area (Å²) in [6.45, 7) is 3.56. The van der Waals surface area contributed by atoms with Crippen LogP contribution < -0.4 is 10.1 Å². The van der Waals surface area contributed by atoms with Crippen molar-refractivity contribution in [1.29, 1.82) is 0 Å². The standard InChI is InChI=1S/C21H22BrNO5/c1-13(2)10-20(25)23-16-7-4-14(5-8-16)18(24)12-28-21(26)15-6-9-19(27-3)17(22)11-15/h4-9,11,13H,10,12H2,1-3H3,(H,23,25). The van der Waals surface area contributed by atoms with Crippen LogP contribution in [-0.4, -0.2) is 31.4 Å². The van der Waals surface area contributed by atoms with Gasteiger partial charge in [-0.15, -0.1) is 0 Å². The Labute approximate surface area is 172 Å². The zero-order chi connectivity index (χ0) is 20.7. The molecule has 0 aliphatic heterocycles. The highest BCUT2D eigenvalue weighted by Gasteiger charge is 2.14. The van der Waals surface area contributed by atoms with Crippen LogP contribution in [0.15, 0.2) is 46.9 Å². The molecule has 0 aliphatic rings. The van der Waals surface area contributed by atoms with Gasteiger partial charge in [0.15, 0.2) is 12.4 Å². The Morgan fingerprint density at radius 1 is 1.04 bits per heavy atom. The minimum Gasteiger partial charge on any atom is -0.496 e. The predicted molar refractivity (Wildman–Crippen MR) is 110 cm³/mol. The van der Waals surface area contributed by atoms with Gasteiger partial charge in [0.25, 0.3) is 0 Å². The molecule has 0 aliphatic carbocycles. The van der Waals surface area contributed by atoms with E-state index in [-0.39, 0.29) is 24.2 Å². The molecular formula is C21H22BrNO5. The van der Waals surface area contributed by atoms with Crippen LogP contribution in [0.25, 0.3) is 0 Å². The fourth-order valence-corrected chi connectivity index (χ4v) is 2.95. The van der Waals surface area contributed by atoms with Gasteiger partial charge < -0.3 is 14.8 Å². The molecule has 0 fully saturated rings. The molecule has 0 saturated heterocycles. The summed E-state index contributed by atoms with van der Waals surface area (Å²) in [5, 5.41) is 2.78. The summed E-state index contributed by atoms with van der Waals surface area (Å²) < 4.78 is 10.8. The lowest BCUT2D eigenvalue weighted by atomic mass is 10.1. The van der Waals surface area contributed by atoms with Gasteiger partial charge >= 0.3 is 5.97 Å². The van der Waals surface area contributed by atoms with E-state index in [1.165, 1.54) is 7.11 Å². The van der Waals surface area contributed by atoms with Gasteiger partial charge in [0, 0.05) is 17.7 Å². The first-order valence-corrected chi connectivity index (χ1v) is 9.53. The summed E-state index contributed by atoms with van der Waals surface area (Å²) in [7, 11) is 1.53. The number of ketones is 1. The van der Waals surface area contributed by atoms with Crippen molar-refractivity contribution in [3.63, 3.8) is 0 Å². The van der Waals surface area contributed by atoms with Crippen molar-refractivity contribution in [2.75, 3.05) is 19.0 Å². The zero-order valence-electron chi connectivity index (χ0n) is 16.0. The van der Waals surface area contributed by atoms with E-state index >= 15 is 0 Å². The van der Waals surface area contributed by atoms with Gasteiger partial charge in [-0.25, -0.2) is 4.79 Å². The number of esters is 1. The molecule has 0 heterocycles. The monoisotopic (exact) mass is 447 g/mol. The van der Waals surface area contributed by atoms with Crippen molar-refractivity contribution < 1.29 is 23.9 Å². The highest BCUT2D eigenvalue weighted by molar-refractivity contribution is 9.10. The Hall–Kier alpha value is -2.67. The number of rotatable bonds is 8. The molecule has 2 aromatic carbocycles.